The number of benzene rings is 4. The summed E-state index contributed by atoms with van der Waals surface area (Å²) in [5, 5.41) is 6.57. The lowest BCUT2D eigenvalue weighted by molar-refractivity contribution is 0.103. The molecule has 0 fully saturated rings. The number of pyridine rings is 2. The van der Waals surface area contributed by atoms with Crippen molar-refractivity contribution in [3.8, 4) is 0 Å². The number of ketones is 1. The molecule has 6 aromatic rings. The van der Waals surface area contributed by atoms with Gasteiger partial charge in [-0.15, -0.1) is 0 Å². The van der Waals surface area contributed by atoms with Gasteiger partial charge in [-0.3, -0.25) is 4.79 Å². The predicted molar refractivity (Wildman–Crippen MR) is 122 cm³/mol. The van der Waals surface area contributed by atoms with E-state index in [0.29, 0.717) is 11.4 Å². The molecule has 3 heteroatoms. The van der Waals surface area contributed by atoms with E-state index in [9.17, 15) is 4.79 Å². The summed E-state index contributed by atoms with van der Waals surface area (Å²) < 4.78 is 0. The van der Waals surface area contributed by atoms with Gasteiger partial charge in [-0.2, -0.15) is 0 Å². The first kappa shape index (κ1) is 16.8. The predicted octanol–water partition coefficient (Wildman–Crippen LogP) is 6.32. The third kappa shape index (κ3) is 2.72. The molecule has 0 saturated carbocycles. The molecule has 2 aromatic heterocycles. The summed E-state index contributed by atoms with van der Waals surface area (Å²) in [7, 11) is 0. The van der Waals surface area contributed by atoms with Crippen LogP contribution in [0.15, 0.2) is 97.1 Å². The molecule has 3 nitrogen and oxygen atoms in total. The van der Waals surface area contributed by atoms with Gasteiger partial charge < -0.3 is 0 Å². The van der Waals surface area contributed by atoms with Crippen LogP contribution in [0.4, 0.5) is 0 Å². The number of carbonyl (C=O) groups is 1. The molecule has 0 aliphatic carbocycles. The first-order valence-electron chi connectivity index (χ1n) is 9.88. The van der Waals surface area contributed by atoms with E-state index in [1.54, 1.807) is 12.1 Å². The molecule has 0 aliphatic rings. The first-order chi connectivity index (χ1) is 14.7. The van der Waals surface area contributed by atoms with Crippen molar-refractivity contribution in [2.24, 2.45) is 0 Å². The van der Waals surface area contributed by atoms with E-state index in [4.69, 9.17) is 0 Å². The number of nitrogens with zero attached hydrogens (tertiary/aromatic N) is 2. The molecule has 0 amide bonds. The molecule has 30 heavy (non-hydrogen) atoms. The van der Waals surface area contributed by atoms with Gasteiger partial charge in [0.25, 0.3) is 0 Å². The fourth-order valence-corrected chi connectivity index (χ4v) is 4.01. The molecule has 0 saturated heterocycles. The topological polar surface area (TPSA) is 42.9 Å². The van der Waals surface area contributed by atoms with Gasteiger partial charge in [0.2, 0.25) is 5.78 Å². The number of rotatable bonds is 2. The number of fused-ring (bicyclic) bond motifs is 4. The van der Waals surface area contributed by atoms with Crippen LogP contribution in [0.25, 0.3) is 43.4 Å². The molecule has 0 unspecified atom stereocenters. The Morgan fingerprint density at radius 2 is 0.867 bits per heavy atom. The van der Waals surface area contributed by atoms with Crippen molar-refractivity contribution in [2.75, 3.05) is 0 Å². The maximum absolute atomic E-state index is 13.1. The zero-order valence-corrected chi connectivity index (χ0v) is 16.0. The Bertz CT molecular complexity index is 1500. The standard InChI is InChI=1S/C27H16N2O/c30-27(23-11-9-21-13-17-5-1-3-7-19(17)15-25(21)28-23)24-12-10-22-14-18-6-2-4-8-20(18)16-26(22)29-24/h1-16H. The molecule has 2 heterocycles. The van der Waals surface area contributed by atoms with Crippen molar-refractivity contribution in [3.63, 3.8) is 0 Å². The van der Waals surface area contributed by atoms with Crippen LogP contribution in [-0.4, -0.2) is 15.8 Å². The Balaban J connectivity index is 1.45. The van der Waals surface area contributed by atoms with Crippen LogP contribution in [0.2, 0.25) is 0 Å². The van der Waals surface area contributed by atoms with Crippen LogP contribution < -0.4 is 0 Å². The van der Waals surface area contributed by atoms with Crippen molar-refractivity contribution < 1.29 is 4.79 Å². The second-order valence-corrected chi connectivity index (χ2v) is 7.51. The second-order valence-electron chi connectivity index (χ2n) is 7.51. The Kier molecular flexibility index (Phi) is 3.62. The molecule has 140 valence electrons. The van der Waals surface area contributed by atoms with E-state index < -0.39 is 0 Å². The minimum Gasteiger partial charge on any atom is -0.285 e. The summed E-state index contributed by atoms with van der Waals surface area (Å²) in [6.45, 7) is 0. The summed E-state index contributed by atoms with van der Waals surface area (Å²) >= 11 is 0. The molecule has 0 radical (unpaired) electrons. The monoisotopic (exact) mass is 384 g/mol. The Morgan fingerprint density at radius 1 is 0.467 bits per heavy atom. The highest BCUT2D eigenvalue weighted by Gasteiger charge is 2.14. The molecule has 0 N–H and O–H groups in total. The summed E-state index contributed by atoms with van der Waals surface area (Å²) in [6.07, 6.45) is 0. The highest BCUT2D eigenvalue weighted by atomic mass is 16.1. The van der Waals surface area contributed by atoms with Crippen LogP contribution >= 0.6 is 0 Å². The van der Waals surface area contributed by atoms with E-state index in [2.05, 4.69) is 46.4 Å². The molecule has 0 spiro atoms. The molecule has 0 aliphatic heterocycles. The largest absolute Gasteiger partial charge is 0.285 e. The Hall–Kier alpha value is -4.11. The molecule has 6 rings (SSSR count). The quantitative estimate of drug-likeness (QED) is 0.259. The zero-order valence-electron chi connectivity index (χ0n) is 16.0. The van der Waals surface area contributed by atoms with Crippen molar-refractivity contribution in [1.82, 2.24) is 9.97 Å². The third-order valence-electron chi connectivity index (χ3n) is 5.58. The Labute approximate surface area is 172 Å². The van der Waals surface area contributed by atoms with Crippen LogP contribution in [0.5, 0.6) is 0 Å². The lowest BCUT2D eigenvalue weighted by Gasteiger charge is -2.06. The van der Waals surface area contributed by atoms with Gasteiger partial charge in [0.15, 0.2) is 0 Å². The molecule has 4 aromatic carbocycles. The summed E-state index contributed by atoms with van der Waals surface area (Å²) in [6, 6.07) is 32.1. The van der Waals surface area contributed by atoms with Crippen molar-refractivity contribution >= 4 is 49.1 Å². The minimum absolute atomic E-state index is 0.167. The fourth-order valence-electron chi connectivity index (χ4n) is 4.01. The van der Waals surface area contributed by atoms with Crippen LogP contribution in [0.3, 0.4) is 0 Å². The van der Waals surface area contributed by atoms with Gasteiger partial charge in [0, 0.05) is 10.8 Å². The van der Waals surface area contributed by atoms with E-state index in [0.717, 1.165) is 43.4 Å². The minimum atomic E-state index is -0.167. The third-order valence-corrected chi connectivity index (χ3v) is 5.58. The maximum Gasteiger partial charge on any atom is 0.229 e. The second kappa shape index (κ2) is 6.46. The maximum atomic E-state index is 13.1. The van der Waals surface area contributed by atoms with Gasteiger partial charge in [-0.1, -0.05) is 60.7 Å². The first-order valence-corrected chi connectivity index (χ1v) is 9.88. The van der Waals surface area contributed by atoms with Crippen LogP contribution in [0.1, 0.15) is 16.2 Å². The smallest absolute Gasteiger partial charge is 0.229 e. The SMILES string of the molecule is O=C(c1ccc2cc3ccccc3cc2n1)c1ccc2cc3ccccc3cc2n1. The number of carbonyl (C=O) groups excluding carboxylic acids is 1. The van der Waals surface area contributed by atoms with Gasteiger partial charge >= 0.3 is 0 Å². The number of aromatic nitrogens is 2. The van der Waals surface area contributed by atoms with Gasteiger partial charge in [0.05, 0.1) is 11.0 Å². The number of hydrogen-bond acceptors (Lipinski definition) is 3. The summed E-state index contributed by atoms with van der Waals surface area (Å²) in [4.78, 5) is 22.4. The van der Waals surface area contributed by atoms with Crippen LogP contribution in [-0.2, 0) is 0 Å². The average molecular weight is 384 g/mol. The van der Waals surface area contributed by atoms with E-state index in [1.165, 1.54) is 0 Å². The van der Waals surface area contributed by atoms with E-state index >= 15 is 0 Å². The fraction of sp³-hybridized carbons (Fsp3) is 0. The van der Waals surface area contributed by atoms with Crippen molar-refractivity contribution in [1.29, 1.82) is 0 Å². The highest BCUT2D eigenvalue weighted by Crippen LogP contribution is 2.24. The molecular formula is C27H16N2O. The lowest BCUT2D eigenvalue weighted by Crippen LogP contribution is -2.06. The average Bonchev–Trinajstić information content (AvgIpc) is 2.80. The molecular weight excluding hydrogens is 368 g/mol. The van der Waals surface area contributed by atoms with Crippen molar-refractivity contribution in [3.05, 3.63) is 108 Å². The van der Waals surface area contributed by atoms with Gasteiger partial charge in [-0.05, 0) is 57.9 Å². The molecule has 0 bridgehead atoms. The van der Waals surface area contributed by atoms with E-state index in [1.807, 2.05) is 48.5 Å². The zero-order chi connectivity index (χ0) is 20.1. The molecule has 0 atom stereocenters. The Morgan fingerprint density at radius 3 is 1.30 bits per heavy atom. The normalized spacial score (nSPS) is 11.5. The van der Waals surface area contributed by atoms with E-state index in [-0.39, 0.29) is 5.78 Å². The van der Waals surface area contributed by atoms with Crippen LogP contribution in [0, 0.1) is 0 Å². The lowest BCUT2D eigenvalue weighted by atomic mass is 10.0. The van der Waals surface area contributed by atoms with Crippen molar-refractivity contribution in [2.45, 2.75) is 0 Å². The summed E-state index contributed by atoms with van der Waals surface area (Å²) in [5.41, 5.74) is 2.44. The van der Waals surface area contributed by atoms with Gasteiger partial charge in [-0.25, -0.2) is 9.97 Å². The summed E-state index contributed by atoms with van der Waals surface area (Å²) in [5.74, 6) is -0.167. The van der Waals surface area contributed by atoms with Gasteiger partial charge in [0.1, 0.15) is 11.4 Å². The number of hydrogen-bond donors (Lipinski definition) is 0. The highest BCUT2D eigenvalue weighted by molar-refractivity contribution is 6.09.